The van der Waals surface area contributed by atoms with E-state index in [9.17, 15) is 8.76 Å². The van der Waals surface area contributed by atoms with Gasteiger partial charge in [0.2, 0.25) is 0 Å². The Morgan fingerprint density at radius 3 is 2.89 bits per heavy atom. The van der Waals surface area contributed by atoms with Gasteiger partial charge in [0.05, 0.1) is 11.8 Å². The fourth-order valence-corrected chi connectivity index (χ4v) is 2.88. The van der Waals surface area contributed by atoms with Crippen molar-refractivity contribution in [1.82, 2.24) is 0 Å². The van der Waals surface area contributed by atoms with Crippen LogP contribution in [0.1, 0.15) is 31.7 Å². The van der Waals surface area contributed by atoms with Gasteiger partial charge in [0.15, 0.2) is 0 Å². The molecule has 0 saturated heterocycles. The van der Waals surface area contributed by atoms with Gasteiger partial charge in [-0.2, -0.15) is 0 Å². The van der Waals surface area contributed by atoms with Gasteiger partial charge in [-0.3, -0.25) is 4.21 Å². The lowest BCUT2D eigenvalue weighted by atomic mass is 10.1. The van der Waals surface area contributed by atoms with Gasteiger partial charge in [-0.1, -0.05) is 13.0 Å². The maximum absolute atomic E-state index is 10.7. The second kappa shape index (κ2) is 6.36. The first-order chi connectivity index (χ1) is 9.10. The Kier molecular flexibility index (Phi) is 4.79. The average Bonchev–Trinajstić information content (AvgIpc) is 2.74. The molecule has 1 aromatic rings. The van der Waals surface area contributed by atoms with Crippen molar-refractivity contribution >= 4 is 17.0 Å². The molecule has 3 atom stereocenters. The predicted molar refractivity (Wildman–Crippen MR) is 74.3 cm³/mol. The molecule has 0 aromatic heterocycles. The van der Waals surface area contributed by atoms with Crippen molar-refractivity contribution in [2.24, 2.45) is 11.7 Å². The minimum atomic E-state index is -2.36. The second-order valence-corrected chi connectivity index (χ2v) is 5.65. The highest BCUT2D eigenvalue weighted by atomic mass is 32.2. The molecule has 5 nitrogen and oxygen atoms in total. The van der Waals surface area contributed by atoms with E-state index in [1.807, 2.05) is 6.07 Å². The molecule has 19 heavy (non-hydrogen) atoms. The molecule has 0 bridgehead atoms. The van der Waals surface area contributed by atoms with Crippen LogP contribution in [-0.4, -0.2) is 14.9 Å². The van der Waals surface area contributed by atoms with E-state index in [4.69, 9.17) is 10.5 Å². The highest BCUT2D eigenvalue weighted by molar-refractivity contribution is 7.80. The molecule has 1 fully saturated rings. The summed E-state index contributed by atoms with van der Waals surface area (Å²) in [7, 11) is 0. The smallest absolute Gasteiger partial charge is 0.126 e. The number of ether oxygens (including phenoxy) is 1. The summed E-state index contributed by atoms with van der Waals surface area (Å²) in [6.45, 7) is 2.45. The van der Waals surface area contributed by atoms with Gasteiger partial charge < -0.3 is 19.7 Å². The topological polar surface area (TPSA) is 87.4 Å². The summed E-state index contributed by atoms with van der Waals surface area (Å²) in [6, 6.07) is 5.29. The number of rotatable bonds is 5. The van der Waals surface area contributed by atoms with Crippen LogP contribution in [0, 0.1) is 5.92 Å². The zero-order valence-electron chi connectivity index (χ0n) is 10.9. The number of anilines is 1. The highest BCUT2D eigenvalue weighted by Gasteiger charge is 2.23. The molecule has 3 N–H and O–H groups in total. The summed E-state index contributed by atoms with van der Waals surface area (Å²) in [5.74, 6) is 1.36. The summed E-state index contributed by atoms with van der Waals surface area (Å²) < 4.78 is 29.8. The van der Waals surface area contributed by atoms with Crippen LogP contribution in [-0.2, 0) is 17.8 Å². The first-order valence-corrected chi connectivity index (χ1v) is 7.52. The fraction of sp³-hybridized carbons (Fsp3) is 0.538. The normalized spacial score (nSPS) is 24.2. The van der Waals surface area contributed by atoms with Crippen LogP contribution in [0.3, 0.4) is 0 Å². The van der Waals surface area contributed by atoms with Crippen LogP contribution in [0.4, 0.5) is 5.69 Å². The maximum atomic E-state index is 10.7. The molecular weight excluding hydrogens is 264 g/mol. The molecule has 6 heteroatoms. The van der Waals surface area contributed by atoms with Gasteiger partial charge >= 0.3 is 0 Å². The number of hydrogen-bond acceptors (Lipinski definition) is 4. The maximum Gasteiger partial charge on any atom is 0.126 e. The van der Waals surface area contributed by atoms with Gasteiger partial charge in [-0.25, -0.2) is 0 Å². The van der Waals surface area contributed by atoms with Crippen molar-refractivity contribution in [2.75, 3.05) is 4.72 Å². The number of benzene rings is 1. The minimum Gasteiger partial charge on any atom is -0.755 e. The van der Waals surface area contributed by atoms with E-state index >= 15 is 0 Å². The van der Waals surface area contributed by atoms with E-state index in [0.29, 0.717) is 22.9 Å². The Balaban J connectivity index is 2.17. The average molecular weight is 283 g/mol. The van der Waals surface area contributed by atoms with Gasteiger partial charge in [0, 0.05) is 23.4 Å². The standard InChI is InChI=1S/C13H20N2O3S/c1-9-5-6-10(7-9)18-13-4-2-3-12(11(13)8-14)15-19(16)17/h2-4,9-10,15H,5-8,14H2,1H3,(H,16,17)/p-1. The van der Waals surface area contributed by atoms with E-state index in [1.54, 1.807) is 12.1 Å². The Labute approximate surface area is 115 Å². The number of nitrogens with two attached hydrogens (primary N) is 1. The fourth-order valence-electron chi connectivity index (χ4n) is 2.51. The summed E-state index contributed by atoms with van der Waals surface area (Å²) in [5.41, 5.74) is 6.89. The van der Waals surface area contributed by atoms with Crippen LogP contribution >= 0.6 is 0 Å². The van der Waals surface area contributed by atoms with Crippen LogP contribution in [0.15, 0.2) is 18.2 Å². The molecule has 1 saturated carbocycles. The summed E-state index contributed by atoms with van der Waals surface area (Å²) in [5, 5.41) is 0. The summed E-state index contributed by atoms with van der Waals surface area (Å²) in [6.07, 6.45) is 3.45. The van der Waals surface area contributed by atoms with Crippen molar-refractivity contribution in [3.63, 3.8) is 0 Å². The monoisotopic (exact) mass is 283 g/mol. The quantitative estimate of drug-likeness (QED) is 0.808. The molecule has 106 valence electrons. The van der Waals surface area contributed by atoms with Crippen LogP contribution < -0.4 is 15.2 Å². The minimum absolute atomic E-state index is 0.202. The largest absolute Gasteiger partial charge is 0.755 e. The van der Waals surface area contributed by atoms with E-state index in [2.05, 4.69) is 11.6 Å². The second-order valence-electron chi connectivity index (χ2n) is 4.98. The lowest BCUT2D eigenvalue weighted by Crippen LogP contribution is -2.15. The Morgan fingerprint density at radius 1 is 1.53 bits per heavy atom. The summed E-state index contributed by atoms with van der Waals surface area (Å²) >= 11 is -2.36. The van der Waals surface area contributed by atoms with E-state index in [0.717, 1.165) is 12.8 Å². The Morgan fingerprint density at radius 2 is 2.32 bits per heavy atom. The molecule has 0 radical (unpaired) electrons. The lowest BCUT2D eigenvalue weighted by Gasteiger charge is -2.19. The van der Waals surface area contributed by atoms with Crippen molar-refractivity contribution < 1.29 is 13.5 Å². The van der Waals surface area contributed by atoms with E-state index in [-0.39, 0.29) is 12.6 Å². The van der Waals surface area contributed by atoms with Gasteiger partial charge in [0.1, 0.15) is 5.75 Å². The lowest BCUT2D eigenvalue weighted by molar-refractivity contribution is 0.203. The molecule has 1 aromatic carbocycles. The third-order valence-electron chi connectivity index (χ3n) is 3.47. The third-order valence-corrected chi connectivity index (χ3v) is 3.86. The highest BCUT2D eigenvalue weighted by Crippen LogP contribution is 2.32. The van der Waals surface area contributed by atoms with Crippen molar-refractivity contribution in [3.05, 3.63) is 23.8 Å². The SMILES string of the molecule is CC1CCC(Oc2cccc(NS(=O)[O-])c2CN)C1. The molecule has 0 aliphatic heterocycles. The molecule has 1 aliphatic rings. The molecule has 0 heterocycles. The number of hydrogen-bond donors (Lipinski definition) is 2. The van der Waals surface area contributed by atoms with E-state index < -0.39 is 11.3 Å². The molecule has 3 unspecified atom stereocenters. The molecular formula is C13H19N2O3S-. The molecule has 0 spiro atoms. The van der Waals surface area contributed by atoms with Crippen molar-refractivity contribution in [3.8, 4) is 5.75 Å². The molecule has 2 rings (SSSR count). The first kappa shape index (κ1) is 14.3. The molecule has 1 aliphatic carbocycles. The Bertz CT molecular complexity index is 467. The van der Waals surface area contributed by atoms with Crippen LogP contribution in [0.25, 0.3) is 0 Å². The van der Waals surface area contributed by atoms with Gasteiger partial charge in [-0.15, -0.1) is 0 Å². The van der Waals surface area contributed by atoms with Crippen LogP contribution in [0.5, 0.6) is 5.75 Å². The number of nitrogens with one attached hydrogen (secondary N) is 1. The zero-order valence-corrected chi connectivity index (χ0v) is 11.7. The predicted octanol–water partition coefficient (Wildman–Crippen LogP) is 1.92. The zero-order chi connectivity index (χ0) is 13.8. The van der Waals surface area contributed by atoms with Gasteiger partial charge in [-0.05, 0) is 37.3 Å². The van der Waals surface area contributed by atoms with E-state index in [1.165, 1.54) is 6.42 Å². The van der Waals surface area contributed by atoms with Gasteiger partial charge in [0.25, 0.3) is 0 Å². The molecule has 0 amide bonds. The third kappa shape index (κ3) is 3.68. The van der Waals surface area contributed by atoms with Crippen molar-refractivity contribution in [2.45, 2.75) is 38.8 Å². The van der Waals surface area contributed by atoms with Crippen molar-refractivity contribution in [1.29, 1.82) is 0 Å². The summed E-state index contributed by atoms with van der Waals surface area (Å²) in [4.78, 5) is 0. The van der Waals surface area contributed by atoms with Crippen LogP contribution in [0.2, 0.25) is 0 Å². The first-order valence-electron chi connectivity index (χ1n) is 6.44. The Hall–Kier alpha value is -1.11.